The number of hydrogen-bond donors (Lipinski definition) is 4. The zero-order valence-electron chi connectivity index (χ0n) is 33.2. The molecule has 16 nitrogen and oxygen atoms in total. The molecule has 0 aliphatic carbocycles. The molecule has 16 heteroatoms. The van der Waals surface area contributed by atoms with Crippen LogP contribution in [0.3, 0.4) is 0 Å². The van der Waals surface area contributed by atoms with E-state index in [-0.39, 0.29) is 61.6 Å². The summed E-state index contributed by atoms with van der Waals surface area (Å²) in [4.78, 5) is 66.9. The first-order chi connectivity index (χ1) is 27.7. The van der Waals surface area contributed by atoms with Gasteiger partial charge in [0.1, 0.15) is 50.8 Å². The van der Waals surface area contributed by atoms with Crippen LogP contribution in [0.5, 0.6) is 0 Å². The van der Waals surface area contributed by atoms with Crippen molar-refractivity contribution in [3.05, 3.63) is 107 Å². The van der Waals surface area contributed by atoms with Crippen LogP contribution in [0, 0.1) is 0 Å². The molecule has 0 amide bonds. The van der Waals surface area contributed by atoms with Crippen LogP contribution >= 0.6 is 0 Å². The van der Waals surface area contributed by atoms with Crippen LogP contribution in [-0.4, -0.2) is 157 Å². The molecule has 0 bridgehead atoms. The monoisotopic (exact) mass is 810 g/mol. The summed E-state index contributed by atoms with van der Waals surface area (Å²) in [6.07, 6.45) is -3.82. The van der Waals surface area contributed by atoms with Gasteiger partial charge in [-0.3, -0.25) is 9.69 Å². The fourth-order valence-electron chi connectivity index (χ4n) is 5.51. The van der Waals surface area contributed by atoms with E-state index in [9.17, 15) is 44.4 Å². The van der Waals surface area contributed by atoms with E-state index in [0.717, 1.165) is 5.56 Å². The summed E-state index contributed by atoms with van der Waals surface area (Å²) in [6, 6.07) is 18.9. The predicted octanol–water partition coefficient (Wildman–Crippen LogP) is 1.91. The Bertz CT molecular complexity index is 1740. The van der Waals surface area contributed by atoms with E-state index in [4.69, 9.17) is 23.7 Å². The molecule has 0 aromatic heterocycles. The van der Waals surface area contributed by atoms with Crippen LogP contribution in [0.15, 0.2) is 78.9 Å². The first-order valence-corrected chi connectivity index (χ1v) is 18.9. The van der Waals surface area contributed by atoms with Crippen molar-refractivity contribution in [2.24, 2.45) is 0 Å². The molecule has 316 valence electrons. The largest absolute Gasteiger partial charge is 0.465 e. The van der Waals surface area contributed by atoms with Crippen LogP contribution in [0.2, 0.25) is 0 Å². The summed E-state index contributed by atoms with van der Waals surface area (Å²) in [5.74, 6) is -3.59. The molecular weight excluding hydrogens is 756 g/mol. The number of esters is 5. The molecule has 0 heterocycles. The molecule has 0 radical (unpaired) electrons. The van der Waals surface area contributed by atoms with Crippen molar-refractivity contribution in [3.63, 3.8) is 0 Å². The van der Waals surface area contributed by atoms with Gasteiger partial charge in [0.25, 0.3) is 0 Å². The average Bonchev–Trinajstić information content (AvgIpc) is 3.22. The van der Waals surface area contributed by atoms with E-state index in [2.05, 4.69) is 0 Å². The SMILES string of the molecule is CCOC(=O)C(Cc1ccccc1)N(CC(O)COC(=O)c1ccc(C(=O)OCC(O)CC)cc1)CC(O)COC(=O)c1ccc(C(=O)OCC(O)CN(C)C)cc1. The highest BCUT2D eigenvalue weighted by molar-refractivity contribution is 5.94. The van der Waals surface area contributed by atoms with Gasteiger partial charge < -0.3 is 49.0 Å². The van der Waals surface area contributed by atoms with Crippen molar-refractivity contribution in [1.29, 1.82) is 0 Å². The summed E-state index contributed by atoms with van der Waals surface area (Å²) in [6.45, 7) is 1.84. The van der Waals surface area contributed by atoms with E-state index in [1.165, 1.54) is 53.4 Å². The van der Waals surface area contributed by atoms with Gasteiger partial charge in [-0.1, -0.05) is 37.3 Å². The second kappa shape index (κ2) is 24.5. The molecule has 3 aromatic carbocycles. The lowest BCUT2D eigenvalue weighted by Gasteiger charge is -2.33. The third kappa shape index (κ3) is 16.3. The van der Waals surface area contributed by atoms with Crippen LogP contribution < -0.4 is 0 Å². The Morgan fingerprint density at radius 3 is 1.22 bits per heavy atom. The molecule has 5 atom stereocenters. The first-order valence-electron chi connectivity index (χ1n) is 18.9. The molecule has 0 saturated heterocycles. The molecule has 0 aliphatic heterocycles. The lowest BCUT2D eigenvalue weighted by molar-refractivity contribution is -0.151. The predicted molar refractivity (Wildman–Crippen MR) is 209 cm³/mol. The van der Waals surface area contributed by atoms with Crippen molar-refractivity contribution in [1.82, 2.24) is 9.80 Å². The number of aliphatic hydroxyl groups excluding tert-OH is 4. The second-order valence-corrected chi connectivity index (χ2v) is 13.7. The summed E-state index contributed by atoms with van der Waals surface area (Å²) in [5.41, 5.74) is 1.24. The van der Waals surface area contributed by atoms with Gasteiger partial charge in [-0.25, -0.2) is 19.2 Å². The maximum Gasteiger partial charge on any atom is 0.338 e. The van der Waals surface area contributed by atoms with Crippen molar-refractivity contribution in [3.8, 4) is 0 Å². The van der Waals surface area contributed by atoms with Crippen molar-refractivity contribution < 1.29 is 68.1 Å². The van der Waals surface area contributed by atoms with Crippen molar-refractivity contribution in [2.45, 2.75) is 57.1 Å². The Balaban J connectivity index is 1.66. The van der Waals surface area contributed by atoms with Gasteiger partial charge in [0.15, 0.2) is 0 Å². The standard InChI is InChI=1S/C42H54N2O14/c1-5-33(45)24-55-38(49)29-12-14-31(15-13-29)40(51)57-26-35(47)22-44(37(42(53)54-6-2)20-28-10-8-7-9-11-28)23-36(48)27-58-41(52)32-18-16-30(17-19-32)39(50)56-25-34(46)21-43(3)4/h7-19,33-37,45-48H,5-6,20-27H2,1-4H3. The molecule has 5 unspecified atom stereocenters. The van der Waals surface area contributed by atoms with E-state index in [0.29, 0.717) is 13.0 Å². The van der Waals surface area contributed by atoms with Crippen molar-refractivity contribution in [2.75, 3.05) is 66.8 Å². The highest BCUT2D eigenvalue weighted by atomic mass is 16.6. The number of hydrogen-bond acceptors (Lipinski definition) is 16. The number of ether oxygens (including phenoxy) is 5. The number of likely N-dealkylation sites (N-methyl/N-ethyl adjacent to an activating group) is 1. The molecule has 0 fully saturated rings. The molecule has 0 spiro atoms. The number of carbonyl (C=O) groups is 5. The third-order valence-electron chi connectivity index (χ3n) is 8.55. The number of nitrogens with zero attached hydrogens (tertiary/aromatic N) is 2. The minimum atomic E-state index is -1.36. The molecular formula is C42H54N2O14. The zero-order valence-corrected chi connectivity index (χ0v) is 33.2. The minimum Gasteiger partial charge on any atom is -0.465 e. The van der Waals surface area contributed by atoms with Crippen molar-refractivity contribution >= 4 is 29.8 Å². The Morgan fingerprint density at radius 1 is 0.517 bits per heavy atom. The molecule has 0 saturated carbocycles. The van der Waals surface area contributed by atoms with Gasteiger partial charge in [0.05, 0.1) is 35.0 Å². The van der Waals surface area contributed by atoms with Gasteiger partial charge in [0.2, 0.25) is 0 Å². The zero-order chi connectivity index (χ0) is 42.6. The molecule has 3 rings (SSSR count). The van der Waals surface area contributed by atoms with E-state index < -0.39 is 73.5 Å². The fourth-order valence-corrected chi connectivity index (χ4v) is 5.51. The topological polar surface area (TPSA) is 219 Å². The quantitative estimate of drug-likeness (QED) is 0.0750. The second-order valence-electron chi connectivity index (χ2n) is 13.7. The van der Waals surface area contributed by atoms with Crippen LogP contribution in [0.1, 0.15) is 67.3 Å². The lowest BCUT2D eigenvalue weighted by Crippen LogP contribution is -2.51. The highest BCUT2D eigenvalue weighted by Crippen LogP contribution is 2.15. The van der Waals surface area contributed by atoms with E-state index in [1.807, 2.05) is 6.07 Å². The highest BCUT2D eigenvalue weighted by Gasteiger charge is 2.31. The summed E-state index contributed by atoms with van der Waals surface area (Å²) in [5, 5.41) is 41.7. The average molecular weight is 811 g/mol. The molecule has 3 aromatic rings. The maximum absolute atomic E-state index is 13.3. The fraction of sp³-hybridized carbons (Fsp3) is 0.452. The summed E-state index contributed by atoms with van der Waals surface area (Å²) in [7, 11) is 3.54. The first kappa shape index (κ1) is 47.1. The van der Waals surface area contributed by atoms with E-state index in [1.54, 1.807) is 57.1 Å². The number of benzene rings is 3. The Hall–Kier alpha value is -5.23. The number of carbonyl (C=O) groups excluding carboxylic acids is 5. The van der Waals surface area contributed by atoms with Crippen LogP contribution in [0.4, 0.5) is 0 Å². The van der Waals surface area contributed by atoms with Gasteiger partial charge >= 0.3 is 29.8 Å². The van der Waals surface area contributed by atoms with Gasteiger partial charge in [-0.2, -0.15) is 0 Å². The smallest absolute Gasteiger partial charge is 0.338 e. The number of aliphatic hydroxyl groups is 4. The normalized spacial score (nSPS) is 13.8. The lowest BCUT2D eigenvalue weighted by atomic mass is 10.0. The Labute approximate surface area is 337 Å². The summed E-state index contributed by atoms with van der Waals surface area (Å²) >= 11 is 0. The number of rotatable bonds is 24. The third-order valence-corrected chi connectivity index (χ3v) is 8.55. The maximum atomic E-state index is 13.3. The molecule has 4 N–H and O–H groups in total. The van der Waals surface area contributed by atoms with Gasteiger partial charge in [-0.05, 0) is 88.0 Å². The Morgan fingerprint density at radius 2 is 0.879 bits per heavy atom. The van der Waals surface area contributed by atoms with Gasteiger partial charge in [0, 0.05) is 19.6 Å². The minimum absolute atomic E-state index is 0.0599. The molecule has 0 aliphatic rings. The van der Waals surface area contributed by atoms with Gasteiger partial charge in [-0.15, -0.1) is 0 Å². The Kier molecular flexibility index (Phi) is 19.9. The molecule has 58 heavy (non-hydrogen) atoms. The summed E-state index contributed by atoms with van der Waals surface area (Å²) < 4.78 is 26.2. The van der Waals surface area contributed by atoms with E-state index >= 15 is 0 Å². The van der Waals surface area contributed by atoms with Crippen LogP contribution in [0.25, 0.3) is 0 Å². The van der Waals surface area contributed by atoms with Crippen LogP contribution in [-0.2, 0) is 34.9 Å².